The van der Waals surface area contributed by atoms with Crippen molar-refractivity contribution in [2.75, 3.05) is 123 Å². The summed E-state index contributed by atoms with van der Waals surface area (Å²) in [7, 11) is 3.74. The molecule has 1 heterocycles. The summed E-state index contributed by atoms with van der Waals surface area (Å²) < 4.78 is 27.6. The van der Waals surface area contributed by atoms with E-state index in [1.807, 2.05) is 21.6 Å². The molecule has 536 valence electrons. The lowest BCUT2D eigenvalue weighted by Gasteiger charge is -2.34. The Kier molecular flexibility index (Phi) is 56.3. The Morgan fingerprint density at radius 1 is 0.352 bits per heavy atom. The molecule has 20 heteroatoms. The van der Waals surface area contributed by atoms with Crippen molar-refractivity contribution >= 4 is 51.4 Å². The van der Waals surface area contributed by atoms with Crippen LogP contribution in [0, 0.1) is 23.7 Å². The second-order valence-corrected chi connectivity index (χ2v) is 28.7. The van der Waals surface area contributed by atoms with Crippen molar-refractivity contribution in [2.45, 2.75) is 279 Å². The molecular formula is C71H136N4O14S2. The molecule has 1 aliphatic rings. The van der Waals surface area contributed by atoms with Gasteiger partial charge in [0, 0.05) is 109 Å². The first-order valence-electron chi connectivity index (χ1n) is 36.6. The highest BCUT2D eigenvalue weighted by Gasteiger charge is 2.22. The number of aliphatic hydroxyl groups is 4. The number of esters is 5. The first-order valence-corrected chi connectivity index (χ1v) is 39.1. The third kappa shape index (κ3) is 49.8. The van der Waals surface area contributed by atoms with E-state index in [2.05, 4.69) is 75.0 Å². The maximum Gasteiger partial charge on any atom is 0.305 e. The summed E-state index contributed by atoms with van der Waals surface area (Å²) in [5.74, 6) is 2.74. The molecule has 1 saturated heterocycles. The number of rotatable bonds is 63. The average molecular weight is 1330 g/mol. The summed E-state index contributed by atoms with van der Waals surface area (Å²) in [5.41, 5.74) is 0. The molecular weight excluding hydrogens is 1200 g/mol. The van der Waals surface area contributed by atoms with Crippen LogP contribution in [0.4, 0.5) is 0 Å². The summed E-state index contributed by atoms with van der Waals surface area (Å²) in [4.78, 5) is 71.1. The third-order valence-electron chi connectivity index (χ3n) is 18.4. The molecule has 0 aromatic heterocycles. The highest BCUT2D eigenvalue weighted by molar-refractivity contribution is 8.76. The number of ether oxygens (including phenoxy) is 5. The Hall–Kier alpha value is -2.27. The van der Waals surface area contributed by atoms with Crippen LogP contribution >= 0.6 is 21.6 Å². The summed E-state index contributed by atoms with van der Waals surface area (Å²) in [6, 6.07) is 0. The van der Waals surface area contributed by atoms with Crippen LogP contribution in [-0.2, 0) is 47.7 Å². The lowest BCUT2D eigenvalue weighted by Crippen LogP contribution is -2.47. The number of carbonyl (C=O) groups excluding carboxylic acids is 5. The molecule has 1 fully saturated rings. The Labute approximate surface area is 562 Å². The Bertz CT molecular complexity index is 1660. The number of hydrogen-bond donors (Lipinski definition) is 4. The van der Waals surface area contributed by atoms with Gasteiger partial charge in [-0.3, -0.25) is 43.6 Å². The van der Waals surface area contributed by atoms with Crippen molar-refractivity contribution in [2.24, 2.45) is 23.7 Å². The van der Waals surface area contributed by atoms with E-state index in [0.29, 0.717) is 167 Å². The fourth-order valence-corrected chi connectivity index (χ4v) is 13.4. The highest BCUT2D eigenvalue weighted by atomic mass is 33.1. The quantitative estimate of drug-likeness (QED) is 0.0192. The summed E-state index contributed by atoms with van der Waals surface area (Å²) in [6.07, 6.45) is 21.0. The van der Waals surface area contributed by atoms with Crippen LogP contribution in [0.5, 0.6) is 0 Å². The van der Waals surface area contributed by atoms with Gasteiger partial charge in [-0.2, -0.15) is 0 Å². The third-order valence-corrected chi connectivity index (χ3v) is 20.8. The van der Waals surface area contributed by atoms with Crippen LogP contribution in [0.3, 0.4) is 0 Å². The van der Waals surface area contributed by atoms with Gasteiger partial charge in [0.2, 0.25) is 0 Å². The van der Waals surface area contributed by atoms with E-state index in [9.17, 15) is 44.4 Å². The van der Waals surface area contributed by atoms with Gasteiger partial charge in [0.05, 0.1) is 50.8 Å². The zero-order chi connectivity index (χ0) is 67.1. The van der Waals surface area contributed by atoms with Crippen molar-refractivity contribution in [1.29, 1.82) is 0 Å². The molecule has 0 saturated carbocycles. The van der Waals surface area contributed by atoms with Crippen molar-refractivity contribution < 1.29 is 68.1 Å². The Morgan fingerprint density at radius 2 is 0.626 bits per heavy atom. The van der Waals surface area contributed by atoms with Crippen LogP contribution < -0.4 is 0 Å². The van der Waals surface area contributed by atoms with Crippen LogP contribution in [0.15, 0.2) is 0 Å². The van der Waals surface area contributed by atoms with Crippen LogP contribution in [-0.4, -0.2) is 217 Å². The van der Waals surface area contributed by atoms with Gasteiger partial charge in [-0.1, -0.05) is 180 Å². The summed E-state index contributed by atoms with van der Waals surface area (Å²) in [6.45, 7) is 27.7. The molecule has 0 spiro atoms. The number of unbranched alkanes of at least 4 members (excludes halogenated alkanes) is 8. The molecule has 0 aromatic carbocycles. The average Bonchev–Trinajstić information content (AvgIpc) is 3.69. The molecule has 18 nitrogen and oxygen atoms in total. The molecule has 4 N–H and O–H groups in total. The summed E-state index contributed by atoms with van der Waals surface area (Å²) in [5, 5.41) is 44.3. The van der Waals surface area contributed by atoms with Crippen molar-refractivity contribution in [3.63, 3.8) is 0 Å². The summed E-state index contributed by atoms with van der Waals surface area (Å²) >= 11 is 0. The monoisotopic (exact) mass is 1330 g/mol. The minimum absolute atomic E-state index is 0.133. The zero-order valence-corrected chi connectivity index (χ0v) is 60.6. The molecule has 0 aromatic rings. The molecule has 4 atom stereocenters. The molecule has 1 rings (SSSR count). The van der Waals surface area contributed by atoms with Gasteiger partial charge < -0.3 is 44.1 Å². The Morgan fingerprint density at radius 3 is 0.978 bits per heavy atom. The zero-order valence-electron chi connectivity index (χ0n) is 59.0. The molecule has 0 bridgehead atoms. The first kappa shape index (κ1) is 86.7. The smallest absolute Gasteiger partial charge is 0.305 e. The highest BCUT2D eigenvalue weighted by Crippen LogP contribution is 2.23. The topological polar surface area (TPSA) is 225 Å². The first-order chi connectivity index (χ1) is 44.0. The lowest BCUT2D eigenvalue weighted by atomic mass is 10.1. The van der Waals surface area contributed by atoms with Gasteiger partial charge >= 0.3 is 29.8 Å². The molecule has 0 aliphatic carbocycles. The minimum Gasteiger partial charge on any atom is -0.465 e. The fourth-order valence-electron chi connectivity index (χ4n) is 11.3. The van der Waals surface area contributed by atoms with Gasteiger partial charge in [-0.05, 0) is 101 Å². The van der Waals surface area contributed by atoms with Crippen LogP contribution in [0.2, 0.25) is 0 Å². The van der Waals surface area contributed by atoms with E-state index in [1.54, 1.807) is 0 Å². The van der Waals surface area contributed by atoms with E-state index in [0.717, 1.165) is 173 Å². The van der Waals surface area contributed by atoms with Gasteiger partial charge in [-0.25, -0.2) is 0 Å². The molecule has 4 unspecified atom stereocenters. The van der Waals surface area contributed by atoms with E-state index < -0.39 is 24.4 Å². The maximum absolute atomic E-state index is 13.0. The van der Waals surface area contributed by atoms with Crippen molar-refractivity contribution in [3.8, 4) is 0 Å². The predicted molar refractivity (Wildman–Crippen MR) is 372 cm³/mol. The van der Waals surface area contributed by atoms with E-state index in [4.69, 9.17) is 23.7 Å². The number of piperazine rings is 1. The molecule has 1 aliphatic heterocycles. The number of nitrogens with zero attached hydrogens (tertiary/aromatic N) is 4. The fraction of sp³-hybridized carbons (Fsp3) is 0.930. The largest absolute Gasteiger partial charge is 0.465 e. The minimum atomic E-state index is -0.573. The van der Waals surface area contributed by atoms with E-state index in [-0.39, 0.29) is 36.3 Å². The maximum atomic E-state index is 13.0. The number of hydrogen-bond acceptors (Lipinski definition) is 20. The molecule has 0 amide bonds. The number of carbonyl (C=O) groups is 5. The van der Waals surface area contributed by atoms with Gasteiger partial charge in [0.25, 0.3) is 0 Å². The predicted octanol–water partition coefficient (Wildman–Crippen LogP) is 12.5. The second-order valence-electron chi connectivity index (χ2n) is 26.0. The van der Waals surface area contributed by atoms with E-state index in [1.165, 1.54) is 0 Å². The lowest BCUT2D eigenvalue weighted by molar-refractivity contribution is -0.146. The SMILES string of the molecule is CCC(CC)COC(=O)CCCCCCC(O)CN(CCCC(=O)OCCN1CCN(CCSSCCCN(CC(O)CCCCC(=O)OCC(CC)CC)CC(O)CCCCC(=O)OCC(CC)CC)CC1)CC(O)CCCCCCC(=O)OCC(CC)CC. The molecule has 0 radical (unpaired) electrons. The van der Waals surface area contributed by atoms with Crippen LogP contribution in [0.1, 0.15) is 254 Å². The van der Waals surface area contributed by atoms with Gasteiger partial charge in [-0.15, -0.1) is 0 Å². The van der Waals surface area contributed by atoms with E-state index >= 15 is 0 Å². The van der Waals surface area contributed by atoms with Crippen molar-refractivity contribution in [3.05, 3.63) is 0 Å². The second kappa shape index (κ2) is 59.0. The van der Waals surface area contributed by atoms with Crippen molar-refractivity contribution in [1.82, 2.24) is 19.6 Å². The van der Waals surface area contributed by atoms with Crippen LogP contribution in [0.25, 0.3) is 0 Å². The van der Waals surface area contributed by atoms with Gasteiger partial charge in [0.1, 0.15) is 6.61 Å². The molecule has 91 heavy (non-hydrogen) atoms. The standard InChI is InChI=1S/C71H136N4O14S2/c1-9-59(10-2)55-86-68(81)35-23-19-17-21-31-63(76)51-74(52-64(77)32-22-18-20-24-36-69(82)87-56-60(11-3)12-4)40-29-39-67(80)85-48-46-72-42-44-73(45-43-72)47-50-91-90-49-30-41-75(53-65(78)33-25-27-37-70(83)88-57-61(13-5)14-6)54-66(79)34-26-28-38-71(84)89-58-62(15-7)16-8/h59-66,76-79H,9-58H2,1-8H3. The Balaban J connectivity index is 2.52. The number of aliphatic hydroxyl groups excluding tert-OH is 4. The van der Waals surface area contributed by atoms with Gasteiger partial charge in [0.15, 0.2) is 0 Å². The normalized spacial score (nSPS) is 14.7.